The van der Waals surface area contributed by atoms with E-state index in [4.69, 9.17) is 4.74 Å². The second kappa shape index (κ2) is 70.4. The molecule has 0 aliphatic heterocycles. The quantitative estimate of drug-likeness (QED) is 0.0512. The number of carbonyl (C=O) groups is 2. The summed E-state index contributed by atoms with van der Waals surface area (Å²) in [7, 11) is 0. The summed E-state index contributed by atoms with van der Waals surface area (Å²) in [6, 6.07) is 0. The Kier molecular flexibility index (Phi) is 67.9. The minimum atomic E-state index is -0.938. The fourth-order valence-corrected chi connectivity index (χ4v) is 22.1. The van der Waals surface area contributed by atoms with Gasteiger partial charge in [-0.25, -0.2) is 0 Å². The number of carboxylic acid groups (broad SMARTS) is 1. The molecule has 0 spiro atoms. The number of esters is 1. The molecule has 1 heterocycles. The van der Waals surface area contributed by atoms with Crippen molar-refractivity contribution in [3.8, 4) is 0 Å². The van der Waals surface area contributed by atoms with Crippen LogP contribution in [-0.2, 0) is 20.9 Å². The number of rotatable bonds is 84. The molecule has 8 unspecified atom stereocenters. The van der Waals surface area contributed by atoms with Crippen LogP contribution in [-0.4, -0.2) is 63.2 Å². The molecule has 0 saturated carbocycles. The van der Waals surface area contributed by atoms with E-state index in [1.165, 1.54) is 327 Å². The zero-order chi connectivity index (χ0) is 79.5. The van der Waals surface area contributed by atoms with Gasteiger partial charge in [0, 0.05) is 19.2 Å². The number of carbonyl (C=O) groups excluding carboxylic acids is 1. The summed E-state index contributed by atoms with van der Waals surface area (Å²) in [5, 5.41) is 22.9. The molecule has 0 aliphatic carbocycles. The number of aryl methyl sites for hydroxylation is 1. The largest absolute Gasteiger partial charge is 0.481 e. The summed E-state index contributed by atoms with van der Waals surface area (Å²) in [5.41, 5.74) is -1.69. The van der Waals surface area contributed by atoms with Crippen LogP contribution >= 0.6 is 0 Å². The van der Waals surface area contributed by atoms with E-state index in [1.54, 1.807) is 0 Å². The van der Waals surface area contributed by atoms with Crippen LogP contribution in [0.2, 0.25) is 0 Å². The predicted octanol–water partition coefficient (Wildman–Crippen LogP) is 32.8. The molecule has 0 aliphatic rings. The molecule has 1 rings (SSSR count). The number of carboxylic acids is 1. The van der Waals surface area contributed by atoms with Crippen LogP contribution in [0.15, 0.2) is 12.4 Å². The average Bonchev–Trinajstić information content (AvgIpc) is 0.683. The van der Waals surface area contributed by atoms with Gasteiger partial charge in [0.25, 0.3) is 0 Å². The Bertz CT molecular complexity index is 2010. The first-order chi connectivity index (χ1) is 52.6. The van der Waals surface area contributed by atoms with Crippen LogP contribution in [0.4, 0.5) is 0 Å². The maximum atomic E-state index is 17.3. The molecule has 1 aromatic heterocycles. The molecule has 0 amide bonds. The van der Waals surface area contributed by atoms with Crippen LogP contribution in [0.5, 0.6) is 0 Å². The van der Waals surface area contributed by atoms with Crippen LogP contribution in [0, 0.1) is 63.6 Å². The molecular weight excluding hydrogens is 1320 g/mol. The first kappa shape index (κ1) is 104. The average molecular weight is 1520 g/mol. The lowest BCUT2D eigenvalue weighted by molar-refractivity contribution is -0.278. The van der Waals surface area contributed by atoms with Crippen molar-refractivity contribution >= 4 is 11.9 Å². The highest BCUT2D eigenvalue weighted by Crippen LogP contribution is 2.77. The van der Waals surface area contributed by atoms with Gasteiger partial charge in [0.05, 0.1) is 18.2 Å². The second-order valence-corrected chi connectivity index (χ2v) is 36.7. The number of hydrogen-bond donors (Lipinski definition) is 1. The zero-order valence-corrected chi connectivity index (χ0v) is 76.2. The number of aliphatic carboxylic acids is 1. The zero-order valence-electron chi connectivity index (χ0n) is 76.2. The van der Waals surface area contributed by atoms with E-state index in [-0.39, 0.29) is 41.0 Å². The van der Waals surface area contributed by atoms with Gasteiger partial charge in [0.1, 0.15) is 0 Å². The summed E-state index contributed by atoms with van der Waals surface area (Å²) >= 11 is 0. The predicted molar refractivity (Wildman–Crippen MR) is 475 cm³/mol. The molecule has 640 valence electrons. The molecule has 0 radical (unpaired) electrons. The van der Waals surface area contributed by atoms with Crippen molar-refractivity contribution in [2.45, 2.75) is 528 Å². The maximum absolute atomic E-state index is 17.3. The Hall–Kier alpha value is -1.96. The lowest BCUT2D eigenvalue weighted by Gasteiger charge is -2.74. The van der Waals surface area contributed by atoms with Gasteiger partial charge in [-0.05, 0) is 129 Å². The highest BCUT2D eigenvalue weighted by molar-refractivity contribution is 5.77. The minimum Gasteiger partial charge on any atom is -0.481 e. The van der Waals surface area contributed by atoms with Gasteiger partial charge in [-0.1, -0.05) is 469 Å². The van der Waals surface area contributed by atoms with E-state index in [2.05, 4.69) is 119 Å². The van der Waals surface area contributed by atoms with Crippen molar-refractivity contribution in [3.63, 3.8) is 0 Å². The Morgan fingerprint density at radius 3 is 1.02 bits per heavy atom. The van der Waals surface area contributed by atoms with E-state index < -0.39 is 10.8 Å². The minimum absolute atomic E-state index is 0.00691. The normalized spacial score (nSPS) is 16.0. The second-order valence-electron chi connectivity index (χ2n) is 36.7. The maximum Gasteiger partial charge on any atom is 0.310 e. The van der Waals surface area contributed by atoms with Crippen LogP contribution < -0.4 is 0 Å². The van der Waals surface area contributed by atoms with Crippen molar-refractivity contribution in [2.75, 3.05) is 26.2 Å². The lowest BCUT2D eigenvalue weighted by Crippen LogP contribution is -2.73. The van der Waals surface area contributed by atoms with Gasteiger partial charge >= 0.3 is 11.9 Å². The van der Waals surface area contributed by atoms with Crippen LogP contribution in [0.25, 0.3) is 0 Å². The van der Waals surface area contributed by atoms with E-state index in [0.29, 0.717) is 36.7 Å². The van der Waals surface area contributed by atoms with Gasteiger partial charge in [-0.15, -0.1) is 5.10 Å². The van der Waals surface area contributed by atoms with Crippen molar-refractivity contribution in [2.24, 2.45) is 63.6 Å². The van der Waals surface area contributed by atoms with Crippen molar-refractivity contribution < 1.29 is 19.4 Å². The number of unbranched alkanes of at least 4 members (excludes halogenated alkanes) is 45. The van der Waals surface area contributed by atoms with Gasteiger partial charge in [-0.3, -0.25) is 14.3 Å². The van der Waals surface area contributed by atoms with Crippen LogP contribution in [0.3, 0.4) is 0 Å². The van der Waals surface area contributed by atoms with E-state index in [9.17, 15) is 9.90 Å². The summed E-state index contributed by atoms with van der Waals surface area (Å²) in [4.78, 5) is 33.0. The van der Waals surface area contributed by atoms with Gasteiger partial charge in [-0.2, -0.15) is 0 Å². The molecule has 108 heavy (non-hydrogen) atoms. The smallest absolute Gasteiger partial charge is 0.310 e. The van der Waals surface area contributed by atoms with Crippen molar-refractivity contribution in [1.82, 2.24) is 19.9 Å². The summed E-state index contributed by atoms with van der Waals surface area (Å²) < 4.78 is 7.78. The Labute approximate surface area is 677 Å². The van der Waals surface area contributed by atoms with Gasteiger partial charge in [0.15, 0.2) is 0 Å². The van der Waals surface area contributed by atoms with Crippen molar-refractivity contribution in [1.29, 1.82) is 0 Å². The third-order valence-electron chi connectivity index (χ3n) is 27.9. The Balaban J connectivity index is 4.93. The number of hydrogen-bond acceptors (Lipinski definition) is 6. The summed E-state index contributed by atoms with van der Waals surface area (Å²) in [6.07, 6.45) is 83.6. The Morgan fingerprint density at radius 1 is 0.352 bits per heavy atom. The number of ether oxygens (including phenoxy) is 1. The molecule has 0 fully saturated rings. The standard InChI is InChI=1S/C100H196N4O4/c1-16-24-32-40-48-59-69-87-108-96(105)80-67-57-49-58-68-82-103(84-71-85-104-86-81-101-102-104)83-70-79-95(88(9)72-60-50-41-33-25-17-2)98(89(10)73-61-51-42-34-26-18-3,90(11)74-62-52-43-35-27-19-4)100(93(14)77-65-55-46-38-30-22-7,94(15)78-66-56-47-39-31-23-8)99(97(106)107,91(12)75-63-53-44-36-28-20-5)92(13)76-64-54-45-37-29-21-6/h81,86,88-95H,16-80,82-85,87H2,1-15H3,(H,106,107). The summed E-state index contributed by atoms with van der Waals surface area (Å²) in [6.45, 7) is 42.9. The monoisotopic (exact) mass is 1520 g/mol. The highest BCUT2D eigenvalue weighted by Gasteiger charge is 2.75. The molecule has 8 nitrogen and oxygen atoms in total. The molecule has 0 aromatic carbocycles. The molecular formula is C100H196N4O4. The van der Waals surface area contributed by atoms with Crippen molar-refractivity contribution in [3.05, 3.63) is 12.4 Å². The number of nitrogens with zero attached hydrogens (tertiary/aromatic N) is 4. The van der Waals surface area contributed by atoms with E-state index in [0.717, 1.165) is 110 Å². The third kappa shape index (κ3) is 41.6. The van der Waals surface area contributed by atoms with Crippen LogP contribution in [0.1, 0.15) is 521 Å². The lowest BCUT2D eigenvalue weighted by atomic mass is 9.29. The molecule has 0 saturated heterocycles. The first-order valence-corrected chi connectivity index (χ1v) is 49.6. The molecule has 8 heteroatoms. The van der Waals surface area contributed by atoms with Gasteiger partial charge < -0.3 is 14.7 Å². The molecule has 1 N–H and O–H groups in total. The molecule has 0 bridgehead atoms. The fraction of sp³-hybridized carbons (Fsp3) is 0.960. The highest BCUT2D eigenvalue weighted by atomic mass is 16.5. The first-order valence-electron chi connectivity index (χ1n) is 49.6. The number of aromatic nitrogens is 3. The molecule has 8 atom stereocenters. The Morgan fingerprint density at radius 2 is 0.657 bits per heavy atom. The van der Waals surface area contributed by atoms with Gasteiger partial charge in [0.2, 0.25) is 0 Å². The topological polar surface area (TPSA) is 97.6 Å². The van der Waals surface area contributed by atoms with E-state index >= 15 is 4.79 Å². The third-order valence-corrected chi connectivity index (χ3v) is 27.9. The SMILES string of the molecule is CCCCCCCCCOC(=O)CCCCCCCN(CCCC(C(C)CCCCCCCC)C(C(C)CCCCCCCC)(C(C)CCCCCCCC)C(C(C)CCCCCCCC)(C(C)CCCCCCCC)C(C(=O)O)(C(C)CCCCCCCC)C(C)CCCCCCCC)CCCn1ccnn1. The van der Waals surface area contributed by atoms with E-state index in [1.807, 2.05) is 17.1 Å². The molecule has 1 aromatic rings. The fourth-order valence-electron chi connectivity index (χ4n) is 22.1. The summed E-state index contributed by atoms with van der Waals surface area (Å²) in [5.74, 6) is 1.74.